The van der Waals surface area contributed by atoms with E-state index in [1.165, 1.54) is 24.3 Å². The number of non-ortho nitro benzene ring substituents is 1. The Balaban J connectivity index is 1.87. The van der Waals surface area contributed by atoms with E-state index in [2.05, 4.69) is 10.0 Å². The van der Waals surface area contributed by atoms with E-state index in [0.717, 1.165) is 13.0 Å². The summed E-state index contributed by atoms with van der Waals surface area (Å²) >= 11 is 0. The normalized spacial score (nSPS) is 15.8. The van der Waals surface area contributed by atoms with Crippen molar-refractivity contribution in [2.75, 3.05) is 26.7 Å². The van der Waals surface area contributed by atoms with E-state index in [4.69, 9.17) is 0 Å². The van der Waals surface area contributed by atoms with Gasteiger partial charge in [0.25, 0.3) is 5.69 Å². The highest BCUT2D eigenvalue weighted by atomic mass is 32.2. The summed E-state index contributed by atoms with van der Waals surface area (Å²) in [6.45, 7) is 1.83. The molecule has 1 saturated heterocycles. The van der Waals surface area contributed by atoms with Gasteiger partial charge in [-0.3, -0.25) is 14.9 Å². The molecule has 0 unspecified atom stereocenters. The Kier molecular flexibility index (Phi) is 7.06. The second-order valence-electron chi connectivity index (χ2n) is 6.23. The zero-order valence-corrected chi connectivity index (χ0v) is 15.5. The molecule has 1 fully saturated rings. The van der Waals surface area contributed by atoms with E-state index in [0.29, 0.717) is 32.4 Å². The highest BCUT2D eigenvalue weighted by Gasteiger charge is 2.26. The molecule has 0 saturated carbocycles. The number of sulfonamides is 1. The number of carbonyl (C=O) groups is 1. The molecule has 0 spiro atoms. The fourth-order valence-electron chi connectivity index (χ4n) is 2.86. The number of rotatable bonds is 8. The fourth-order valence-corrected chi connectivity index (χ4v) is 4.16. The molecule has 10 heteroatoms. The molecule has 1 amide bonds. The maximum absolute atomic E-state index is 12.4. The molecule has 1 heterocycles. The van der Waals surface area contributed by atoms with Gasteiger partial charge in [0.05, 0.1) is 9.82 Å². The number of piperidine rings is 1. The van der Waals surface area contributed by atoms with Gasteiger partial charge in [-0.25, -0.2) is 13.1 Å². The van der Waals surface area contributed by atoms with Gasteiger partial charge in [0.1, 0.15) is 0 Å². The molecule has 144 valence electrons. The van der Waals surface area contributed by atoms with Crippen LogP contribution in [-0.4, -0.2) is 56.9 Å². The summed E-state index contributed by atoms with van der Waals surface area (Å²) < 4.78 is 27.4. The number of benzene rings is 1. The zero-order chi connectivity index (χ0) is 19.2. The lowest BCUT2D eigenvalue weighted by atomic mass is 10.1. The van der Waals surface area contributed by atoms with Gasteiger partial charge >= 0.3 is 0 Å². The highest BCUT2D eigenvalue weighted by molar-refractivity contribution is 7.89. The molecule has 0 bridgehead atoms. The highest BCUT2D eigenvalue weighted by Crippen LogP contribution is 2.18. The Morgan fingerprint density at radius 1 is 1.27 bits per heavy atom. The van der Waals surface area contributed by atoms with E-state index >= 15 is 0 Å². The Morgan fingerprint density at radius 3 is 2.42 bits per heavy atom. The molecule has 1 aliphatic rings. The van der Waals surface area contributed by atoms with Gasteiger partial charge in [-0.1, -0.05) is 0 Å². The third kappa shape index (κ3) is 5.48. The number of nitrogens with one attached hydrogen (secondary N) is 2. The van der Waals surface area contributed by atoms with Gasteiger partial charge in [0.2, 0.25) is 15.9 Å². The molecule has 9 nitrogen and oxygen atoms in total. The molecule has 2 N–H and O–H groups in total. The summed E-state index contributed by atoms with van der Waals surface area (Å²) in [4.78, 5) is 23.9. The van der Waals surface area contributed by atoms with Crippen molar-refractivity contribution in [3.05, 3.63) is 34.4 Å². The third-order valence-corrected chi connectivity index (χ3v) is 5.88. The van der Waals surface area contributed by atoms with Crippen LogP contribution in [0.2, 0.25) is 0 Å². The molecular formula is C16H24N4O5S. The SMILES string of the molecule is CNCCCC(=O)N1CCC(NS(=O)(=O)c2ccc([N+](=O)[O-])cc2)CC1. The lowest BCUT2D eigenvalue weighted by Crippen LogP contribution is -2.46. The summed E-state index contributed by atoms with van der Waals surface area (Å²) in [7, 11) is -1.90. The van der Waals surface area contributed by atoms with Gasteiger partial charge in [-0.15, -0.1) is 0 Å². The van der Waals surface area contributed by atoms with Crippen molar-refractivity contribution in [2.24, 2.45) is 0 Å². The molecule has 0 aromatic heterocycles. The summed E-state index contributed by atoms with van der Waals surface area (Å²) in [6.07, 6.45) is 2.36. The van der Waals surface area contributed by atoms with Crippen molar-refractivity contribution in [1.82, 2.24) is 14.9 Å². The standard InChI is InChI=1S/C16H24N4O5S/c1-17-10-2-3-16(21)19-11-8-13(9-12-19)18-26(24,25)15-6-4-14(5-7-15)20(22)23/h4-7,13,17-18H,2-3,8-12H2,1H3. The maximum Gasteiger partial charge on any atom is 0.269 e. The average molecular weight is 384 g/mol. The zero-order valence-electron chi connectivity index (χ0n) is 14.7. The van der Waals surface area contributed by atoms with Crippen LogP contribution >= 0.6 is 0 Å². The third-order valence-electron chi connectivity index (χ3n) is 4.34. The number of hydrogen-bond donors (Lipinski definition) is 2. The van der Waals surface area contributed by atoms with Crippen molar-refractivity contribution in [1.29, 1.82) is 0 Å². The Bertz CT molecular complexity index is 728. The Morgan fingerprint density at radius 2 is 1.88 bits per heavy atom. The molecule has 1 aliphatic heterocycles. The summed E-state index contributed by atoms with van der Waals surface area (Å²) in [6, 6.07) is 4.53. The number of nitro benzene ring substituents is 1. The Labute approximate surface area is 153 Å². The smallest absolute Gasteiger partial charge is 0.269 e. The lowest BCUT2D eigenvalue weighted by molar-refractivity contribution is -0.384. The molecule has 2 rings (SSSR count). The fraction of sp³-hybridized carbons (Fsp3) is 0.562. The minimum absolute atomic E-state index is 0.00586. The number of nitrogens with zero attached hydrogens (tertiary/aromatic N) is 2. The number of hydrogen-bond acceptors (Lipinski definition) is 6. The molecule has 1 aromatic rings. The molecule has 0 atom stereocenters. The van der Waals surface area contributed by atoms with Crippen molar-refractivity contribution in [2.45, 2.75) is 36.6 Å². The summed E-state index contributed by atoms with van der Waals surface area (Å²) in [5, 5.41) is 13.7. The lowest BCUT2D eigenvalue weighted by Gasteiger charge is -2.32. The first kappa shape index (κ1) is 20.3. The second-order valence-corrected chi connectivity index (χ2v) is 7.95. The maximum atomic E-state index is 12.4. The van der Waals surface area contributed by atoms with Crippen LogP contribution in [0, 0.1) is 10.1 Å². The van der Waals surface area contributed by atoms with Gasteiger partial charge in [-0.05, 0) is 45.0 Å². The first-order valence-electron chi connectivity index (χ1n) is 8.52. The van der Waals surface area contributed by atoms with Crippen LogP contribution in [0.1, 0.15) is 25.7 Å². The minimum atomic E-state index is -3.74. The van der Waals surface area contributed by atoms with Gasteiger partial charge in [0.15, 0.2) is 0 Å². The van der Waals surface area contributed by atoms with Gasteiger partial charge in [0, 0.05) is 37.7 Å². The first-order chi connectivity index (χ1) is 12.3. The van der Waals surface area contributed by atoms with E-state index in [-0.39, 0.29) is 22.5 Å². The average Bonchev–Trinajstić information content (AvgIpc) is 2.62. The number of likely N-dealkylation sites (tertiary alicyclic amines) is 1. The van der Waals surface area contributed by atoms with Crippen LogP contribution < -0.4 is 10.0 Å². The van der Waals surface area contributed by atoms with Gasteiger partial charge in [-0.2, -0.15) is 0 Å². The van der Waals surface area contributed by atoms with Crippen molar-refractivity contribution in [3.63, 3.8) is 0 Å². The minimum Gasteiger partial charge on any atom is -0.343 e. The summed E-state index contributed by atoms with van der Waals surface area (Å²) in [5.41, 5.74) is -0.158. The van der Waals surface area contributed by atoms with Crippen LogP contribution in [-0.2, 0) is 14.8 Å². The monoisotopic (exact) mass is 384 g/mol. The van der Waals surface area contributed by atoms with E-state index in [9.17, 15) is 23.3 Å². The van der Waals surface area contributed by atoms with Crippen molar-refractivity contribution < 1.29 is 18.1 Å². The number of carbonyl (C=O) groups excluding carboxylic acids is 1. The molecule has 1 aromatic carbocycles. The molecule has 0 aliphatic carbocycles. The van der Waals surface area contributed by atoms with E-state index in [1.54, 1.807) is 4.90 Å². The predicted octanol–water partition coefficient (Wildman–Crippen LogP) is 0.864. The van der Waals surface area contributed by atoms with E-state index < -0.39 is 14.9 Å². The van der Waals surface area contributed by atoms with Crippen molar-refractivity contribution >= 4 is 21.6 Å². The molecule has 26 heavy (non-hydrogen) atoms. The van der Waals surface area contributed by atoms with Crippen LogP contribution in [0.5, 0.6) is 0 Å². The quantitative estimate of drug-likeness (QED) is 0.389. The van der Waals surface area contributed by atoms with Crippen molar-refractivity contribution in [3.8, 4) is 0 Å². The second kappa shape index (κ2) is 9.06. The number of nitro groups is 1. The van der Waals surface area contributed by atoms with E-state index in [1.807, 2.05) is 7.05 Å². The largest absolute Gasteiger partial charge is 0.343 e. The predicted molar refractivity (Wildman–Crippen MR) is 96.2 cm³/mol. The summed E-state index contributed by atoms with van der Waals surface area (Å²) in [5.74, 6) is 0.0944. The number of amides is 1. The molecular weight excluding hydrogens is 360 g/mol. The van der Waals surface area contributed by atoms with Crippen LogP contribution in [0.4, 0.5) is 5.69 Å². The van der Waals surface area contributed by atoms with Crippen LogP contribution in [0.15, 0.2) is 29.2 Å². The molecule has 0 radical (unpaired) electrons. The Hall–Kier alpha value is -2.04. The van der Waals surface area contributed by atoms with Gasteiger partial charge < -0.3 is 10.2 Å². The van der Waals surface area contributed by atoms with Crippen LogP contribution in [0.25, 0.3) is 0 Å². The first-order valence-corrected chi connectivity index (χ1v) is 10.0. The van der Waals surface area contributed by atoms with Crippen LogP contribution in [0.3, 0.4) is 0 Å². The topological polar surface area (TPSA) is 122 Å².